The van der Waals surface area contributed by atoms with Crippen LogP contribution in [0.25, 0.3) is 22.6 Å². The van der Waals surface area contributed by atoms with Crippen LogP contribution >= 0.6 is 11.6 Å². The van der Waals surface area contributed by atoms with Gasteiger partial charge < -0.3 is 0 Å². The van der Waals surface area contributed by atoms with Gasteiger partial charge in [-0.25, -0.2) is 4.98 Å². The van der Waals surface area contributed by atoms with Crippen LogP contribution in [0.1, 0.15) is 17.2 Å². The minimum absolute atomic E-state index is 0.461. The van der Waals surface area contributed by atoms with E-state index < -0.39 is 5.92 Å². The Hall–Kier alpha value is -3.55. The fourth-order valence-electron chi connectivity index (χ4n) is 3.00. The SMILES string of the molecule is N#CC(c1ccccc1)c1nc(-c2ccc(Cl)cc2)nnc1-c1ccccc1. The van der Waals surface area contributed by atoms with Crippen molar-refractivity contribution in [1.29, 1.82) is 5.26 Å². The van der Waals surface area contributed by atoms with Gasteiger partial charge in [-0.05, 0) is 29.8 Å². The molecule has 4 nitrogen and oxygen atoms in total. The zero-order valence-corrected chi connectivity index (χ0v) is 15.6. The molecule has 28 heavy (non-hydrogen) atoms. The molecule has 1 heterocycles. The molecule has 5 heteroatoms. The Morgan fingerprint density at radius 2 is 1.39 bits per heavy atom. The van der Waals surface area contributed by atoms with Crippen molar-refractivity contribution in [2.75, 3.05) is 0 Å². The molecule has 0 aliphatic rings. The van der Waals surface area contributed by atoms with Crippen LogP contribution in [-0.2, 0) is 0 Å². The first-order valence-electron chi connectivity index (χ1n) is 8.77. The van der Waals surface area contributed by atoms with Gasteiger partial charge in [-0.3, -0.25) is 0 Å². The highest BCUT2D eigenvalue weighted by molar-refractivity contribution is 6.30. The number of hydrogen-bond donors (Lipinski definition) is 0. The van der Waals surface area contributed by atoms with Gasteiger partial charge in [-0.15, -0.1) is 10.2 Å². The molecule has 1 atom stereocenters. The van der Waals surface area contributed by atoms with Crippen LogP contribution in [0.3, 0.4) is 0 Å². The summed E-state index contributed by atoms with van der Waals surface area (Å²) in [6.07, 6.45) is 0. The fraction of sp³-hybridized carbons (Fsp3) is 0.0435. The summed E-state index contributed by atoms with van der Waals surface area (Å²) in [5, 5.41) is 19.3. The van der Waals surface area contributed by atoms with Crippen LogP contribution in [0.5, 0.6) is 0 Å². The first-order valence-corrected chi connectivity index (χ1v) is 9.14. The van der Waals surface area contributed by atoms with Crippen molar-refractivity contribution in [1.82, 2.24) is 15.2 Å². The van der Waals surface area contributed by atoms with Crippen LogP contribution in [0.2, 0.25) is 5.02 Å². The maximum Gasteiger partial charge on any atom is 0.182 e. The quantitative estimate of drug-likeness (QED) is 0.466. The summed E-state index contributed by atoms with van der Waals surface area (Å²) >= 11 is 5.99. The van der Waals surface area contributed by atoms with E-state index in [1.807, 2.05) is 72.8 Å². The second kappa shape index (κ2) is 7.99. The highest BCUT2D eigenvalue weighted by atomic mass is 35.5. The van der Waals surface area contributed by atoms with Gasteiger partial charge >= 0.3 is 0 Å². The summed E-state index contributed by atoms with van der Waals surface area (Å²) in [5.41, 5.74) is 3.72. The van der Waals surface area contributed by atoms with Gasteiger partial charge in [0.2, 0.25) is 0 Å². The zero-order valence-electron chi connectivity index (χ0n) is 14.8. The number of rotatable bonds is 4. The van der Waals surface area contributed by atoms with Gasteiger partial charge in [0, 0.05) is 16.1 Å². The van der Waals surface area contributed by atoms with Crippen molar-refractivity contribution < 1.29 is 0 Å². The van der Waals surface area contributed by atoms with Gasteiger partial charge in [0.15, 0.2) is 5.82 Å². The number of benzene rings is 3. The third-order valence-corrected chi connectivity index (χ3v) is 4.65. The Morgan fingerprint density at radius 1 is 0.750 bits per heavy atom. The van der Waals surface area contributed by atoms with E-state index in [9.17, 15) is 5.26 Å². The molecule has 4 rings (SSSR count). The standard InChI is InChI=1S/C23H15ClN4/c24-19-13-11-18(12-14-19)23-26-22(20(15-25)16-7-3-1-4-8-16)21(27-28-23)17-9-5-2-6-10-17/h1-14,20H. The molecule has 0 spiro atoms. The number of halogens is 1. The number of aromatic nitrogens is 3. The van der Waals surface area contributed by atoms with Gasteiger partial charge in [-0.1, -0.05) is 72.3 Å². The first-order chi connectivity index (χ1) is 13.8. The third-order valence-electron chi connectivity index (χ3n) is 4.40. The lowest BCUT2D eigenvalue weighted by molar-refractivity contribution is 0.889. The van der Waals surface area contributed by atoms with E-state index in [1.165, 1.54) is 0 Å². The molecule has 0 radical (unpaired) electrons. The molecular weight excluding hydrogens is 368 g/mol. The Kier molecular flexibility index (Phi) is 5.09. The van der Waals surface area contributed by atoms with Crippen LogP contribution in [-0.4, -0.2) is 15.2 Å². The highest BCUT2D eigenvalue weighted by Gasteiger charge is 2.22. The monoisotopic (exact) mass is 382 g/mol. The molecule has 0 saturated heterocycles. The molecule has 0 amide bonds. The fourth-order valence-corrected chi connectivity index (χ4v) is 3.13. The van der Waals surface area contributed by atoms with E-state index in [-0.39, 0.29) is 0 Å². The van der Waals surface area contributed by atoms with Crippen LogP contribution in [0, 0.1) is 11.3 Å². The van der Waals surface area contributed by atoms with E-state index in [1.54, 1.807) is 12.1 Å². The predicted molar refractivity (Wildman–Crippen MR) is 110 cm³/mol. The van der Waals surface area contributed by atoms with Gasteiger partial charge in [0.05, 0.1) is 11.8 Å². The largest absolute Gasteiger partial charge is 0.227 e. The van der Waals surface area contributed by atoms with E-state index in [0.29, 0.717) is 22.2 Å². The summed E-state index contributed by atoms with van der Waals surface area (Å²) < 4.78 is 0. The number of hydrogen-bond acceptors (Lipinski definition) is 4. The molecule has 0 fully saturated rings. The molecule has 0 N–H and O–H groups in total. The van der Waals surface area contributed by atoms with Crippen molar-refractivity contribution in [2.45, 2.75) is 5.92 Å². The normalized spacial score (nSPS) is 11.6. The second-order valence-corrected chi connectivity index (χ2v) is 6.65. The smallest absolute Gasteiger partial charge is 0.182 e. The van der Waals surface area contributed by atoms with Crippen molar-refractivity contribution in [2.24, 2.45) is 0 Å². The maximum absolute atomic E-state index is 9.95. The van der Waals surface area contributed by atoms with Crippen LogP contribution in [0.15, 0.2) is 84.9 Å². The van der Waals surface area contributed by atoms with E-state index in [0.717, 1.165) is 16.7 Å². The minimum atomic E-state index is -0.557. The summed E-state index contributed by atoms with van der Waals surface area (Å²) in [6, 6.07) is 28.9. The van der Waals surface area contributed by atoms with E-state index in [4.69, 9.17) is 16.6 Å². The van der Waals surface area contributed by atoms with Gasteiger partial charge in [0.1, 0.15) is 11.6 Å². The van der Waals surface area contributed by atoms with Crippen molar-refractivity contribution in [3.8, 4) is 28.7 Å². The minimum Gasteiger partial charge on any atom is -0.227 e. The lowest BCUT2D eigenvalue weighted by Gasteiger charge is -2.14. The Labute approximate surface area is 168 Å². The number of nitrogens with zero attached hydrogens (tertiary/aromatic N) is 4. The molecular formula is C23H15ClN4. The van der Waals surface area contributed by atoms with E-state index >= 15 is 0 Å². The second-order valence-electron chi connectivity index (χ2n) is 6.21. The lowest BCUT2D eigenvalue weighted by atomic mass is 9.93. The zero-order chi connectivity index (χ0) is 19.3. The molecule has 0 bridgehead atoms. The van der Waals surface area contributed by atoms with Crippen LogP contribution < -0.4 is 0 Å². The molecule has 0 saturated carbocycles. The summed E-state index contributed by atoms with van der Waals surface area (Å²) in [4.78, 5) is 4.76. The Balaban J connectivity index is 1.90. The average molecular weight is 383 g/mol. The van der Waals surface area contributed by atoms with Crippen LogP contribution in [0.4, 0.5) is 0 Å². The average Bonchev–Trinajstić information content (AvgIpc) is 2.76. The van der Waals surface area contributed by atoms with Crippen molar-refractivity contribution in [3.05, 3.63) is 101 Å². The highest BCUT2D eigenvalue weighted by Crippen LogP contribution is 2.31. The molecule has 4 aromatic rings. The maximum atomic E-state index is 9.95. The Morgan fingerprint density at radius 3 is 2.04 bits per heavy atom. The first kappa shape index (κ1) is 17.8. The Bertz CT molecular complexity index is 1120. The summed E-state index contributed by atoms with van der Waals surface area (Å²) in [7, 11) is 0. The molecule has 3 aromatic carbocycles. The molecule has 134 valence electrons. The third kappa shape index (κ3) is 3.62. The molecule has 1 aromatic heterocycles. The molecule has 1 unspecified atom stereocenters. The van der Waals surface area contributed by atoms with Crippen molar-refractivity contribution >= 4 is 11.6 Å². The van der Waals surface area contributed by atoms with Crippen molar-refractivity contribution in [3.63, 3.8) is 0 Å². The van der Waals surface area contributed by atoms with Gasteiger partial charge in [0.25, 0.3) is 0 Å². The predicted octanol–water partition coefficient (Wildman–Crippen LogP) is 5.51. The topological polar surface area (TPSA) is 62.5 Å². The van der Waals surface area contributed by atoms with E-state index in [2.05, 4.69) is 16.3 Å². The lowest BCUT2D eigenvalue weighted by Crippen LogP contribution is -2.08. The molecule has 0 aliphatic carbocycles. The van der Waals surface area contributed by atoms with Gasteiger partial charge in [-0.2, -0.15) is 5.26 Å². The summed E-state index contributed by atoms with van der Waals surface area (Å²) in [6.45, 7) is 0. The number of nitriles is 1. The molecule has 0 aliphatic heterocycles. The summed E-state index contributed by atoms with van der Waals surface area (Å²) in [5.74, 6) is -0.0968.